The van der Waals surface area contributed by atoms with Gasteiger partial charge in [-0.3, -0.25) is 0 Å². The summed E-state index contributed by atoms with van der Waals surface area (Å²) in [6.45, 7) is 4.41. The van der Waals surface area contributed by atoms with Crippen LogP contribution in [0.5, 0.6) is 0 Å². The molecular weight excluding hydrogens is 348 g/mol. The lowest BCUT2D eigenvalue weighted by atomic mass is 9.84. The number of hydrogen-bond acceptors (Lipinski definition) is 0. The summed E-state index contributed by atoms with van der Waals surface area (Å²) in [7, 11) is 0. The second-order valence-electron chi connectivity index (χ2n) is 7.51. The standard InChI is InChI=1S/C29H26/c1-22-13-12-14-23(2)29(22)28(26-19-10-5-11-20-26)21-27(24-15-6-3-7-16-24)25-17-8-4-9-18-25/h3-21,27H,1-2H3/b28-21+. The van der Waals surface area contributed by atoms with Crippen LogP contribution in [0.2, 0.25) is 0 Å². The Labute approximate surface area is 174 Å². The number of aryl methyl sites for hydroxylation is 2. The van der Waals surface area contributed by atoms with Gasteiger partial charge < -0.3 is 0 Å². The Morgan fingerprint density at radius 3 is 1.48 bits per heavy atom. The average molecular weight is 375 g/mol. The van der Waals surface area contributed by atoms with Gasteiger partial charge in [0.15, 0.2) is 0 Å². The third-order valence-electron chi connectivity index (χ3n) is 5.49. The molecule has 0 radical (unpaired) electrons. The fraction of sp³-hybridized carbons (Fsp3) is 0.103. The van der Waals surface area contributed by atoms with Crippen LogP contribution in [0.4, 0.5) is 0 Å². The van der Waals surface area contributed by atoms with E-state index in [1.54, 1.807) is 0 Å². The summed E-state index contributed by atoms with van der Waals surface area (Å²) in [4.78, 5) is 0. The normalized spacial score (nSPS) is 11.6. The summed E-state index contributed by atoms with van der Waals surface area (Å²) in [6, 6.07) is 38.9. The predicted octanol–water partition coefficient (Wildman–Crippen LogP) is 7.57. The summed E-state index contributed by atoms with van der Waals surface area (Å²) >= 11 is 0. The van der Waals surface area contributed by atoms with Crippen LogP contribution in [0.25, 0.3) is 5.57 Å². The molecule has 0 saturated carbocycles. The van der Waals surface area contributed by atoms with E-state index >= 15 is 0 Å². The van der Waals surface area contributed by atoms with Gasteiger partial charge in [-0.1, -0.05) is 115 Å². The van der Waals surface area contributed by atoms with E-state index in [9.17, 15) is 0 Å². The number of rotatable bonds is 5. The SMILES string of the molecule is Cc1cccc(C)c1/C(=C/C(c1ccccc1)c1ccccc1)c1ccccc1. The predicted molar refractivity (Wildman–Crippen MR) is 124 cm³/mol. The summed E-state index contributed by atoms with van der Waals surface area (Å²) in [6.07, 6.45) is 2.44. The van der Waals surface area contributed by atoms with E-state index in [1.807, 2.05) is 0 Å². The zero-order valence-electron chi connectivity index (χ0n) is 17.0. The van der Waals surface area contributed by atoms with Crippen molar-refractivity contribution in [2.75, 3.05) is 0 Å². The van der Waals surface area contributed by atoms with Gasteiger partial charge in [0.05, 0.1) is 0 Å². The molecule has 0 amide bonds. The van der Waals surface area contributed by atoms with Gasteiger partial charge in [0.25, 0.3) is 0 Å². The van der Waals surface area contributed by atoms with Crippen molar-refractivity contribution >= 4 is 5.57 Å². The zero-order valence-corrected chi connectivity index (χ0v) is 17.0. The lowest BCUT2D eigenvalue weighted by Crippen LogP contribution is -2.02. The smallest absolute Gasteiger partial charge is 0.0278 e. The van der Waals surface area contributed by atoms with Crippen LogP contribution in [-0.4, -0.2) is 0 Å². The first-order valence-corrected chi connectivity index (χ1v) is 10.2. The number of hydrogen-bond donors (Lipinski definition) is 0. The van der Waals surface area contributed by atoms with Crippen LogP contribution >= 0.6 is 0 Å². The van der Waals surface area contributed by atoms with Crippen LogP contribution in [0.1, 0.15) is 39.3 Å². The summed E-state index contributed by atoms with van der Waals surface area (Å²) in [5.74, 6) is 0.187. The highest BCUT2D eigenvalue weighted by Gasteiger charge is 2.16. The minimum Gasteiger partial charge on any atom is -0.0641 e. The minimum atomic E-state index is 0.187. The monoisotopic (exact) mass is 374 g/mol. The van der Waals surface area contributed by atoms with Crippen LogP contribution in [0, 0.1) is 13.8 Å². The van der Waals surface area contributed by atoms with Crippen LogP contribution in [0.15, 0.2) is 115 Å². The van der Waals surface area contributed by atoms with Crippen molar-refractivity contribution in [1.29, 1.82) is 0 Å². The Morgan fingerprint density at radius 2 is 1.00 bits per heavy atom. The van der Waals surface area contributed by atoms with Crippen LogP contribution in [-0.2, 0) is 0 Å². The van der Waals surface area contributed by atoms with Crippen molar-refractivity contribution in [2.45, 2.75) is 19.8 Å². The van der Waals surface area contributed by atoms with E-state index in [4.69, 9.17) is 0 Å². The molecule has 4 rings (SSSR count). The van der Waals surface area contributed by atoms with E-state index < -0.39 is 0 Å². The quantitative estimate of drug-likeness (QED) is 0.338. The second kappa shape index (κ2) is 8.75. The molecule has 0 aliphatic carbocycles. The van der Waals surface area contributed by atoms with Gasteiger partial charge in [0.1, 0.15) is 0 Å². The van der Waals surface area contributed by atoms with E-state index in [1.165, 1.54) is 39.0 Å². The van der Waals surface area contributed by atoms with Gasteiger partial charge in [-0.05, 0) is 52.8 Å². The Morgan fingerprint density at radius 1 is 0.552 bits per heavy atom. The summed E-state index contributed by atoms with van der Waals surface area (Å²) in [5, 5.41) is 0. The molecule has 0 aliphatic rings. The van der Waals surface area contributed by atoms with Crippen LogP contribution in [0.3, 0.4) is 0 Å². The minimum absolute atomic E-state index is 0.187. The van der Waals surface area contributed by atoms with Gasteiger partial charge in [-0.25, -0.2) is 0 Å². The van der Waals surface area contributed by atoms with E-state index in [-0.39, 0.29) is 5.92 Å². The highest BCUT2D eigenvalue weighted by Crippen LogP contribution is 2.35. The van der Waals surface area contributed by atoms with Crippen molar-refractivity contribution in [2.24, 2.45) is 0 Å². The molecule has 0 heterocycles. The molecule has 4 aromatic rings. The Hall–Kier alpha value is -3.38. The largest absolute Gasteiger partial charge is 0.0641 e. The average Bonchev–Trinajstić information content (AvgIpc) is 2.77. The molecule has 0 spiro atoms. The Balaban J connectivity index is 1.97. The van der Waals surface area contributed by atoms with Crippen molar-refractivity contribution in [3.63, 3.8) is 0 Å². The van der Waals surface area contributed by atoms with Gasteiger partial charge in [0.2, 0.25) is 0 Å². The molecule has 0 aromatic heterocycles. The third kappa shape index (κ3) is 4.22. The molecule has 0 bridgehead atoms. The lowest BCUT2D eigenvalue weighted by Gasteiger charge is -2.20. The molecular formula is C29H26. The Bertz CT molecular complexity index is 1030. The highest BCUT2D eigenvalue weighted by atomic mass is 14.2. The maximum atomic E-state index is 2.44. The number of allylic oxidation sites excluding steroid dienone is 1. The summed E-state index contributed by atoms with van der Waals surface area (Å²) in [5.41, 5.74) is 9.09. The molecule has 29 heavy (non-hydrogen) atoms. The van der Waals surface area contributed by atoms with E-state index in [0.29, 0.717) is 0 Å². The fourth-order valence-electron chi connectivity index (χ4n) is 4.05. The van der Waals surface area contributed by atoms with Gasteiger partial charge >= 0.3 is 0 Å². The maximum Gasteiger partial charge on any atom is 0.0278 e. The number of benzene rings is 4. The van der Waals surface area contributed by atoms with Crippen LogP contribution < -0.4 is 0 Å². The molecule has 142 valence electrons. The first-order valence-electron chi connectivity index (χ1n) is 10.2. The molecule has 0 saturated heterocycles. The van der Waals surface area contributed by atoms with Gasteiger partial charge in [-0.15, -0.1) is 0 Å². The van der Waals surface area contributed by atoms with Crippen molar-refractivity contribution in [3.8, 4) is 0 Å². The first-order chi connectivity index (χ1) is 14.2. The first kappa shape index (κ1) is 19.0. The van der Waals surface area contributed by atoms with E-state index in [0.717, 1.165) is 0 Å². The zero-order chi connectivity index (χ0) is 20.1. The third-order valence-corrected chi connectivity index (χ3v) is 5.49. The maximum absolute atomic E-state index is 2.44. The van der Waals surface area contributed by atoms with Crippen molar-refractivity contribution in [3.05, 3.63) is 149 Å². The molecule has 0 aliphatic heterocycles. The van der Waals surface area contributed by atoms with Crippen molar-refractivity contribution in [1.82, 2.24) is 0 Å². The van der Waals surface area contributed by atoms with E-state index in [2.05, 4.69) is 129 Å². The van der Waals surface area contributed by atoms with Gasteiger partial charge in [0, 0.05) is 5.92 Å². The highest BCUT2D eigenvalue weighted by molar-refractivity contribution is 5.83. The molecule has 4 aromatic carbocycles. The molecule has 0 fully saturated rings. The molecule has 0 nitrogen and oxygen atoms in total. The molecule has 0 N–H and O–H groups in total. The Kier molecular flexibility index (Phi) is 5.72. The lowest BCUT2D eigenvalue weighted by molar-refractivity contribution is 1.03. The summed E-state index contributed by atoms with van der Waals surface area (Å²) < 4.78 is 0. The topological polar surface area (TPSA) is 0 Å². The van der Waals surface area contributed by atoms with Crippen molar-refractivity contribution < 1.29 is 0 Å². The van der Waals surface area contributed by atoms with Gasteiger partial charge in [-0.2, -0.15) is 0 Å². The molecule has 0 heteroatoms. The fourth-order valence-corrected chi connectivity index (χ4v) is 4.05. The molecule has 0 atom stereocenters. The second-order valence-corrected chi connectivity index (χ2v) is 7.51. The molecule has 0 unspecified atom stereocenters.